The maximum absolute atomic E-state index is 11.6. The minimum absolute atomic E-state index is 0.0110. The maximum atomic E-state index is 11.6. The second kappa shape index (κ2) is 4.94. The van der Waals surface area contributed by atoms with E-state index in [0.717, 1.165) is 39.0 Å². The van der Waals surface area contributed by atoms with Gasteiger partial charge in [0, 0.05) is 25.8 Å². The number of amides is 1. The van der Waals surface area contributed by atoms with Crippen LogP contribution in [0.1, 0.15) is 26.2 Å². The van der Waals surface area contributed by atoms with Crippen molar-refractivity contribution in [3.05, 3.63) is 0 Å². The van der Waals surface area contributed by atoms with Crippen LogP contribution >= 0.6 is 0 Å². The molecule has 2 unspecified atom stereocenters. The van der Waals surface area contributed by atoms with Crippen LogP contribution in [0.3, 0.4) is 0 Å². The Morgan fingerprint density at radius 3 is 2.87 bits per heavy atom. The van der Waals surface area contributed by atoms with Crippen LogP contribution in [0.15, 0.2) is 0 Å². The Labute approximate surface area is 90.8 Å². The third-order valence-electron chi connectivity index (χ3n) is 3.29. The summed E-state index contributed by atoms with van der Waals surface area (Å²) in [4.78, 5) is 11.6. The molecule has 1 amide bonds. The molecule has 4 heteroatoms. The third-order valence-corrected chi connectivity index (χ3v) is 3.29. The van der Waals surface area contributed by atoms with Gasteiger partial charge in [-0.2, -0.15) is 0 Å². The molecule has 2 heterocycles. The second-order valence-electron chi connectivity index (χ2n) is 4.66. The number of hydrogen-bond donors (Lipinski definition) is 2. The van der Waals surface area contributed by atoms with E-state index < -0.39 is 0 Å². The van der Waals surface area contributed by atoms with Crippen LogP contribution in [0.4, 0.5) is 0 Å². The lowest BCUT2D eigenvalue weighted by Gasteiger charge is -2.32. The van der Waals surface area contributed by atoms with Crippen molar-refractivity contribution < 1.29 is 9.53 Å². The molecule has 4 nitrogen and oxygen atoms in total. The monoisotopic (exact) mass is 212 g/mol. The molecule has 0 aromatic heterocycles. The first-order valence-electron chi connectivity index (χ1n) is 5.87. The number of carbonyl (C=O) groups is 1. The van der Waals surface area contributed by atoms with Crippen LogP contribution in [0.25, 0.3) is 0 Å². The molecule has 0 aromatic carbocycles. The Bertz CT molecular complexity index is 227. The molecule has 0 aliphatic carbocycles. The first kappa shape index (κ1) is 10.9. The summed E-state index contributed by atoms with van der Waals surface area (Å²) in [7, 11) is 0. The van der Waals surface area contributed by atoms with E-state index in [1.165, 1.54) is 0 Å². The van der Waals surface area contributed by atoms with Crippen LogP contribution in [-0.2, 0) is 9.53 Å². The number of ether oxygens (including phenoxy) is 1. The lowest BCUT2D eigenvalue weighted by Crippen LogP contribution is -2.57. The summed E-state index contributed by atoms with van der Waals surface area (Å²) >= 11 is 0. The Hall–Kier alpha value is -0.610. The second-order valence-corrected chi connectivity index (χ2v) is 4.66. The fraction of sp³-hybridized carbons (Fsp3) is 0.909. The molecule has 2 N–H and O–H groups in total. The predicted octanol–water partition coefficient (Wildman–Crippen LogP) is 0.280. The SMILES string of the molecule is CC1CNC(=O)C(CC2CCOCC2)N1. The van der Waals surface area contributed by atoms with Gasteiger partial charge in [-0.15, -0.1) is 0 Å². The van der Waals surface area contributed by atoms with Crippen molar-refractivity contribution in [1.82, 2.24) is 10.6 Å². The fourth-order valence-electron chi connectivity index (χ4n) is 2.35. The van der Waals surface area contributed by atoms with Crippen molar-refractivity contribution in [1.29, 1.82) is 0 Å². The number of piperazine rings is 1. The fourth-order valence-corrected chi connectivity index (χ4v) is 2.35. The van der Waals surface area contributed by atoms with Crippen molar-refractivity contribution in [2.45, 2.75) is 38.3 Å². The van der Waals surface area contributed by atoms with E-state index in [9.17, 15) is 4.79 Å². The van der Waals surface area contributed by atoms with Crippen LogP contribution in [0.2, 0.25) is 0 Å². The minimum atomic E-state index is 0.0110. The van der Waals surface area contributed by atoms with Gasteiger partial charge in [0.2, 0.25) is 5.91 Å². The Kier molecular flexibility index (Phi) is 3.59. The van der Waals surface area contributed by atoms with Crippen molar-refractivity contribution in [2.24, 2.45) is 5.92 Å². The molecule has 2 fully saturated rings. The van der Waals surface area contributed by atoms with Gasteiger partial charge < -0.3 is 15.4 Å². The number of rotatable bonds is 2. The zero-order valence-corrected chi connectivity index (χ0v) is 9.29. The summed E-state index contributed by atoms with van der Waals surface area (Å²) in [6.45, 7) is 4.57. The molecule has 2 aliphatic heterocycles. The topological polar surface area (TPSA) is 50.4 Å². The zero-order valence-electron chi connectivity index (χ0n) is 9.29. The number of hydrogen-bond acceptors (Lipinski definition) is 3. The first-order chi connectivity index (χ1) is 7.25. The van der Waals surface area contributed by atoms with Crippen molar-refractivity contribution in [2.75, 3.05) is 19.8 Å². The normalized spacial score (nSPS) is 33.8. The summed E-state index contributed by atoms with van der Waals surface area (Å²) in [5, 5.41) is 6.30. The maximum Gasteiger partial charge on any atom is 0.237 e. The van der Waals surface area contributed by atoms with Gasteiger partial charge in [0.05, 0.1) is 6.04 Å². The average molecular weight is 212 g/mol. The van der Waals surface area contributed by atoms with Crippen molar-refractivity contribution in [3.63, 3.8) is 0 Å². The van der Waals surface area contributed by atoms with Gasteiger partial charge in [-0.25, -0.2) is 0 Å². The average Bonchev–Trinajstić information content (AvgIpc) is 2.25. The van der Waals surface area contributed by atoms with E-state index in [1.54, 1.807) is 0 Å². The van der Waals surface area contributed by atoms with Gasteiger partial charge in [0.15, 0.2) is 0 Å². The van der Waals surface area contributed by atoms with Crippen LogP contribution in [0, 0.1) is 5.92 Å². The van der Waals surface area contributed by atoms with Crippen molar-refractivity contribution >= 4 is 5.91 Å². The van der Waals surface area contributed by atoms with Gasteiger partial charge in [0.1, 0.15) is 0 Å². The third kappa shape index (κ3) is 2.92. The van der Waals surface area contributed by atoms with Gasteiger partial charge in [0.25, 0.3) is 0 Å². The highest BCUT2D eigenvalue weighted by Crippen LogP contribution is 2.21. The van der Waals surface area contributed by atoms with Gasteiger partial charge in [-0.05, 0) is 32.1 Å². The van der Waals surface area contributed by atoms with E-state index in [-0.39, 0.29) is 11.9 Å². The molecular weight excluding hydrogens is 192 g/mol. The van der Waals surface area contributed by atoms with E-state index in [0.29, 0.717) is 12.0 Å². The van der Waals surface area contributed by atoms with E-state index >= 15 is 0 Å². The van der Waals surface area contributed by atoms with Gasteiger partial charge >= 0.3 is 0 Å². The zero-order chi connectivity index (χ0) is 10.7. The first-order valence-corrected chi connectivity index (χ1v) is 5.87. The molecular formula is C11H20N2O2. The summed E-state index contributed by atoms with van der Waals surface area (Å²) < 4.78 is 5.32. The standard InChI is InChI=1S/C11H20N2O2/c1-8-7-12-11(14)10(13-8)6-9-2-4-15-5-3-9/h8-10,13H,2-7H2,1H3,(H,12,14). The van der Waals surface area contributed by atoms with E-state index in [2.05, 4.69) is 17.6 Å². The molecule has 86 valence electrons. The molecule has 2 saturated heterocycles. The van der Waals surface area contributed by atoms with Crippen molar-refractivity contribution in [3.8, 4) is 0 Å². The number of carbonyl (C=O) groups excluding carboxylic acids is 1. The molecule has 2 aliphatic rings. The molecule has 0 bridgehead atoms. The summed E-state index contributed by atoms with van der Waals surface area (Å²) in [5.41, 5.74) is 0. The van der Waals surface area contributed by atoms with Crippen LogP contribution in [-0.4, -0.2) is 37.7 Å². The molecule has 0 aromatic rings. The highest BCUT2D eigenvalue weighted by atomic mass is 16.5. The highest BCUT2D eigenvalue weighted by molar-refractivity contribution is 5.82. The van der Waals surface area contributed by atoms with Crippen LogP contribution < -0.4 is 10.6 Å². The summed E-state index contributed by atoms with van der Waals surface area (Å²) in [6.07, 6.45) is 3.15. The molecule has 0 radical (unpaired) electrons. The predicted molar refractivity (Wildman–Crippen MR) is 57.6 cm³/mol. The van der Waals surface area contributed by atoms with Gasteiger partial charge in [-0.3, -0.25) is 4.79 Å². The smallest absolute Gasteiger partial charge is 0.237 e. The lowest BCUT2D eigenvalue weighted by atomic mass is 9.91. The van der Waals surface area contributed by atoms with E-state index in [1.807, 2.05) is 0 Å². The van der Waals surface area contributed by atoms with E-state index in [4.69, 9.17) is 4.74 Å². The summed E-state index contributed by atoms with van der Waals surface area (Å²) in [6, 6.07) is 0.407. The lowest BCUT2D eigenvalue weighted by molar-refractivity contribution is -0.125. The molecule has 0 saturated carbocycles. The van der Waals surface area contributed by atoms with Gasteiger partial charge in [-0.1, -0.05) is 0 Å². The summed E-state index contributed by atoms with van der Waals surface area (Å²) in [5.74, 6) is 0.812. The largest absolute Gasteiger partial charge is 0.381 e. The molecule has 15 heavy (non-hydrogen) atoms. The quantitative estimate of drug-likeness (QED) is 0.691. The highest BCUT2D eigenvalue weighted by Gasteiger charge is 2.28. The Morgan fingerprint density at radius 1 is 1.40 bits per heavy atom. The Morgan fingerprint density at radius 2 is 2.13 bits per heavy atom. The molecule has 0 spiro atoms. The molecule has 2 atom stereocenters. The van der Waals surface area contributed by atoms with Crippen LogP contribution in [0.5, 0.6) is 0 Å². The minimum Gasteiger partial charge on any atom is -0.381 e. The number of nitrogens with one attached hydrogen (secondary N) is 2. The Balaban J connectivity index is 1.83. The molecule has 2 rings (SSSR count).